The van der Waals surface area contributed by atoms with Crippen molar-refractivity contribution in [1.29, 1.82) is 0 Å². The van der Waals surface area contributed by atoms with E-state index in [1.807, 2.05) is 11.5 Å². The number of urea groups is 1. The highest BCUT2D eigenvalue weighted by atomic mass is 16.2. The minimum absolute atomic E-state index is 0.222. The molecular formula is C16H24N5O2+. The topological polar surface area (TPSA) is 61.8 Å². The number of aliphatic imine (C=N–C) groups is 1. The fraction of sp³-hybridized carbons (Fsp3) is 0.625. The molecule has 3 rings (SSSR count). The third-order valence-electron chi connectivity index (χ3n) is 4.88. The lowest BCUT2D eigenvalue weighted by atomic mass is 10.1. The maximum Gasteiger partial charge on any atom is 0.402 e. The highest BCUT2D eigenvalue weighted by molar-refractivity contribution is 6.20. The van der Waals surface area contributed by atoms with Crippen molar-refractivity contribution in [3.63, 3.8) is 0 Å². The predicted octanol–water partition coefficient (Wildman–Crippen LogP) is 1.55. The van der Waals surface area contributed by atoms with E-state index in [1.54, 1.807) is 7.05 Å². The van der Waals surface area contributed by atoms with Gasteiger partial charge in [0.25, 0.3) is 5.91 Å². The Morgan fingerprint density at radius 2 is 1.83 bits per heavy atom. The zero-order valence-corrected chi connectivity index (χ0v) is 14.6. The number of imide groups is 1. The van der Waals surface area contributed by atoms with Gasteiger partial charge in [-0.15, -0.1) is 0 Å². The Bertz CT molecular complexity index is 731. The number of nitrogens with zero attached hydrogens (tertiary/aromatic N) is 5. The molecule has 1 atom stereocenters. The molecule has 0 bridgehead atoms. The molecule has 1 aromatic rings. The van der Waals surface area contributed by atoms with E-state index in [0.29, 0.717) is 11.8 Å². The van der Waals surface area contributed by atoms with Gasteiger partial charge >= 0.3 is 12.0 Å². The summed E-state index contributed by atoms with van der Waals surface area (Å²) in [7, 11) is 3.19. The molecule has 1 fully saturated rings. The van der Waals surface area contributed by atoms with Crippen molar-refractivity contribution in [1.82, 2.24) is 14.4 Å². The second-order valence-electron chi connectivity index (χ2n) is 6.79. The van der Waals surface area contributed by atoms with Crippen molar-refractivity contribution in [3.05, 3.63) is 11.4 Å². The standard InChI is InChI=1S/C16H24N5O2/c1-9(2)7-8-20-10(3)11(4)21-12-13(17-15(20)21)18(5)16(23)19(6)14(12)22/h9,12H,7-8H2,1-6H3/q+1. The lowest BCUT2D eigenvalue weighted by Gasteiger charge is -2.30. The van der Waals surface area contributed by atoms with Gasteiger partial charge in [-0.25, -0.2) is 13.9 Å². The number of carbonyl (C=O) groups excluding carboxylic acids is 2. The first-order valence-electron chi connectivity index (χ1n) is 8.00. The summed E-state index contributed by atoms with van der Waals surface area (Å²) in [6.07, 6.45) is 1.04. The van der Waals surface area contributed by atoms with Crippen LogP contribution in [0.2, 0.25) is 0 Å². The van der Waals surface area contributed by atoms with Gasteiger partial charge in [0.15, 0.2) is 0 Å². The maximum atomic E-state index is 12.6. The van der Waals surface area contributed by atoms with Crippen LogP contribution in [0.3, 0.4) is 0 Å². The summed E-state index contributed by atoms with van der Waals surface area (Å²) in [6.45, 7) is 9.30. The van der Waals surface area contributed by atoms with Gasteiger partial charge in [0, 0.05) is 14.1 Å². The molecule has 2 aliphatic heterocycles. The smallest absolute Gasteiger partial charge is 0.270 e. The predicted molar refractivity (Wildman–Crippen MR) is 85.6 cm³/mol. The molecule has 7 heteroatoms. The van der Waals surface area contributed by atoms with Crippen LogP contribution in [-0.2, 0) is 11.3 Å². The zero-order chi connectivity index (χ0) is 17.0. The highest BCUT2D eigenvalue weighted by Gasteiger charge is 2.53. The Hall–Kier alpha value is -2.18. The summed E-state index contributed by atoms with van der Waals surface area (Å²) in [6, 6.07) is -0.865. The van der Waals surface area contributed by atoms with Gasteiger partial charge in [0.1, 0.15) is 11.4 Å². The third-order valence-corrected chi connectivity index (χ3v) is 4.88. The van der Waals surface area contributed by atoms with E-state index in [9.17, 15) is 9.59 Å². The van der Waals surface area contributed by atoms with Crippen LogP contribution >= 0.6 is 0 Å². The molecule has 0 spiro atoms. The molecule has 124 valence electrons. The Balaban J connectivity index is 2.11. The van der Waals surface area contributed by atoms with Crippen molar-refractivity contribution in [2.75, 3.05) is 14.1 Å². The van der Waals surface area contributed by atoms with E-state index in [-0.39, 0.29) is 11.9 Å². The zero-order valence-electron chi connectivity index (χ0n) is 14.6. The van der Waals surface area contributed by atoms with Crippen molar-refractivity contribution < 1.29 is 14.2 Å². The van der Waals surface area contributed by atoms with Crippen molar-refractivity contribution in [3.8, 4) is 0 Å². The monoisotopic (exact) mass is 318 g/mol. The summed E-state index contributed by atoms with van der Waals surface area (Å²) in [5.74, 6) is 1.66. The maximum absolute atomic E-state index is 12.6. The van der Waals surface area contributed by atoms with Crippen molar-refractivity contribution in [2.45, 2.75) is 46.7 Å². The van der Waals surface area contributed by atoms with Crippen molar-refractivity contribution in [2.24, 2.45) is 10.9 Å². The molecule has 0 aromatic carbocycles. The van der Waals surface area contributed by atoms with Crippen LogP contribution in [0.4, 0.5) is 10.7 Å². The fourth-order valence-electron chi connectivity index (χ4n) is 3.24. The Morgan fingerprint density at radius 3 is 2.43 bits per heavy atom. The van der Waals surface area contributed by atoms with Gasteiger partial charge in [-0.3, -0.25) is 14.6 Å². The van der Waals surface area contributed by atoms with Crippen LogP contribution in [0.1, 0.15) is 37.7 Å². The second kappa shape index (κ2) is 5.18. The first-order valence-corrected chi connectivity index (χ1v) is 8.00. The average molecular weight is 318 g/mol. The molecule has 1 aromatic heterocycles. The Kier molecular flexibility index (Phi) is 3.54. The second-order valence-corrected chi connectivity index (χ2v) is 6.79. The molecule has 0 saturated carbocycles. The summed E-state index contributed by atoms with van der Waals surface area (Å²) in [5.41, 5.74) is 2.15. The molecule has 3 heterocycles. The first-order chi connectivity index (χ1) is 10.8. The van der Waals surface area contributed by atoms with E-state index in [1.165, 1.54) is 16.8 Å². The number of likely N-dealkylation sites (N-methyl/N-ethyl adjacent to an activating group) is 2. The molecule has 7 nitrogen and oxygen atoms in total. The van der Waals surface area contributed by atoms with Crippen LogP contribution < -0.4 is 4.57 Å². The molecule has 23 heavy (non-hydrogen) atoms. The number of imidazole rings is 1. The number of fused-ring (bicyclic) bond motifs is 3. The van der Waals surface area contributed by atoms with Gasteiger partial charge in [-0.2, -0.15) is 0 Å². The molecule has 3 amide bonds. The van der Waals surface area contributed by atoms with E-state index >= 15 is 0 Å². The van der Waals surface area contributed by atoms with Gasteiger partial charge in [-0.1, -0.05) is 18.8 Å². The molecule has 0 aliphatic carbocycles. The van der Waals surface area contributed by atoms with Crippen molar-refractivity contribution >= 4 is 23.7 Å². The van der Waals surface area contributed by atoms with Gasteiger partial charge in [-0.05, 0) is 26.2 Å². The SMILES string of the molecule is Cc1c(C)[n+](CCC(C)C)c2n1C1C(=O)N(C)C(=O)N(C)C1=N2. The Labute approximate surface area is 136 Å². The van der Waals surface area contributed by atoms with Gasteiger partial charge < -0.3 is 0 Å². The number of rotatable bonds is 3. The number of hydrogen-bond acceptors (Lipinski definition) is 3. The molecule has 2 aliphatic rings. The van der Waals surface area contributed by atoms with E-state index in [2.05, 4.69) is 30.3 Å². The Morgan fingerprint density at radius 1 is 1.17 bits per heavy atom. The molecule has 1 saturated heterocycles. The largest absolute Gasteiger partial charge is 0.402 e. The summed E-state index contributed by atoms with van der Waals surface area (Å²) >= 11 is 0. The van der Waals surface area contributed by atoms with E-state index in [0.717, 1.165) is 30.3 Å². The number of amidine groups is 1. The average Bonchev–Trinajstić information content (AvgIpc) is 2.99. The molecule has 0 N–H and O–H groups in total. The van der Waals surface area contributed by atoms with E-state index < -0.39 is 6.04 Å². The minimum atomic E-state index is -0.531. The first kappa shape index (κ1) is 15.7. The minimum Gasteiger partial charge on any atom is -0.270 e. The fourth-order valence-corrected chi connectivity index (χ4v) is 3.24. The quantitative estimate of drug-likeness (QED) is 0.794. The van der Waals surface area contributed by atoms with Crippen LogP contribution in [0.5, 0.6) is 0 Å². The lowest BCUT2D eigenvalue weighted by Crippen LogP contribution is -2.56. The number of amides is 3. The molecular weight excluding hydrogens is 294 g/mol. The highest BCUT2D eigenvalue weighted by Crippen LogP contribution is 2.34. The normalized spacial score (nSPS) is 20.3. The lowest BCUT2D eigenvalue weighted by molar-refractivity contribution is -0.690. The summed E-state index contributed by atoms with van der Waals surface area (Å²) < 4.78 is 4.12. The number of hydrogen-bond donors (Lipinski definition) is 0. The third kappa shape index (κ3) is 2.09. The van der Waals surface area contributed by atoms with Crippen LogP contribution in [0, 0.1) is 19.8 Å². The number of carbonyl (C=O) groups is 2. The van der Waals surface area contributed by atoms with Crippen LogP contribution in [0.15, 0.2) is 4.99 Å². The number of aromatic nitrogens is 2. The summed E-state index contributed by atoms with van der Waals surface area (Å²) in [5, 5.41) is 0. The molecule has 1 unspecified atom stereocenters. The van der Waals surface area contributed by atoms with E-state index in [4.69, 9.17) is 0 Å². The summed E-state index contributed by atoms with van der Waals surface area (Å²) in [4.78, 5) is 32.1. The van der Waals surface area contributed by atoms with Gasteiger partial charge in [0.2, 0.25) is 11.9 Å². The van der Waals surface area contributed by atoms with Gasteiger partial charge in [0.05, 0.1) is 6.54 Å². The van der Waals surface area contributed by atoms with Crippen LogP contribution in [-0.4, -0.2) is 46.2 Å². The van der Waals surface area contributed by atoms with Crippen LogP contribution in [0.25, 0.3) is 0 Å². The molecule has 0 radical (unpaired) electrons.